The van der Waals surface area contributed by atoms with E-state index in [1.807, 2.05) is 24.3 Å². The lowest BCUT2D eigenvalue weighted by molar-refractivity contribution is -0.428. The van der Waals surface area contributed by atoms with E-state index in [-0.39, 0.29) is 6.42 Å². The van der Waals surface area contributed by atoms with E-state index >= 15 is 0 Å². The molecule has 2 aromatic rings. The summed E-state index contributed by atoms with van der Waals surface area (Å²) in [5.41, 5.74) is 1.90. The molecule has 0 aliphatic rings. The van der Waals surface area contributed by atoms with Gasteiger partial charge in [-0.3, -0.25) is 4.55 Å². The number of hydrogen-bond donors (Lipinski definition) is 1. The lowest BCUT2D eigenvalue weighted by atomic mass is 10.0. The van der Waals surface area contributed by atoms with Crippen LogP contribution in [-0.2, 0) is 23.0 Å². The molecule has 0 saturated carbocycles. The van der Waals surface area contributed by atoms with Crippen molar-refractivity contribution in [3.63, 3.8) is 0 Å². The molecule has 30 heavy (non-hydrogen) atoms. The molecular weight excluding hydrogens is 427 g/mol. The van der Waals surface area contributed by atoms with E-state index in [0.29, 0.717) is 18.1 Å². The highest BCUT2D eigenvalue weighted by Gasteiger charge is 2.30. The van der Waals surface area contributed by atoms with Crippen LogP contribution in [0.15, 0.2) is 48.5 Å². The number of benzene rings is 2. The first-order chi connectivity index (χ1) is 14.0. The predicted molar refractivity (Wildman–Crippen MR) is 111 cm³/mol. The van der Waals surface area contributed by atoms with Crippen LogP contribution >= 0.6 is 7.94 Å². The summed E-state index contributed by atoms with van der Waals surface area (Å²) in [6.45, 7) is 4.33. The molecular formula is C21H27O7PS-2. The summed E-state index contributed by atoms with van der Waals surface area (Å²) < 4.78 is 37.4. The minimum Gasteiger partial charge on any atom is -0.687 e. The van der Waals surface area contributed by atoms with Crippen molar-refractivity contribution in [3.05, 3.63) is 59.7 Å². The molecule has 0 aliphatic heterocycles. The molecule has 1 atom stereocenters. The van der Waals surface area contributed by atoms with Gasteiger partial charge in [0.05, 0.1) is 0 Å². The summed E-state index contributed by atoms with van der Waals surface area (Å²) in [5, 5.41) is 0. The van der Waals surface area contributed by atoms with Gasteiger partial charge in [-0.15, -0.1) is 7.94 Å². The molecule has 0 fully saturated rings. The molecule has 0 saturated heterocycles. The Bertz CT molecular complexity index is 923. The Hall–Kier alpha value is -1.54. The summed E-state index contributed by atoms with van der Waals surface area (Å²) in [5.74, 6) is 1.95. The maximum Gasteiger partial charge on any atom is 0.301 e. The van der Waals surface area contributed by atoms with E-state index in [0.717, 1.165) is 29.7 Å². The zero-order chi connectivity index (χ0) is 22.4. The molecule has 0 amide bonds. The second-order valence-electron chi connectivity index (χ2n) is 7.69. The van der Waals surface area contributed by atoms with Crippen molar-refractivity contribution in [2.75, 3.05) is 0 Å². The van der Waals surface area contributed by atoms with Gasteiger partial charge in [0.25, 0.3) is 0 Å². The van der Waals surface area contributed by atoms with Crippen molar-refractivity contribution in [1.29, 1.82) is 0 Å². The van der Waals surface area contributed by atoms with Crippen LogP contribution in [0, 0.1) is 5.92 Å². The number of ether oxygens (including phenoxy) is 1. The molecule has 2 aromatic carbocycles. The Balaban J connectivity index is 2.04. The van der Waals surface area contributed by atoms with Gasteiger partial charge in [0.2, 0.25) is 0 Å². The SMILES string of the molecule is CC(C)CCc1ccccc1Oc1cccc(CCCC([P+]([O-])([O-])[O-])S(=O)(=O)O)c1. The molecule has 0 spiro atoms. The third-order valence-electron chi connectivity index (χ3n) is 4.70. The summed E-state index contributed by atoms with van der Waals surface area (Å²) in [6, 6.07) is 15.0. The molecule has 7 nitrogen and oxygen atoms in total. The summed E-state index contributed by atoms with van der Waals surface area (Å²) >= 11 is 0. The highest BCUT2D eigenvalue weighted by Crippen LogP contribution is 2.41. The van der Waals surface area contributed by atoms with Crippen LogP contribution in [0.25, 0.3) is 0 Å². The van der Waals surface area contributed by atoms with Gasteiger partial charge in [-0.05, 0) is 60.9 Å². The second kappa shape index (κ2) is 10.7. The fourth-order valence-electron chi connectivity index (χ4n) is 3.10. The van der Waals surface area contributed by atoms with Gasteiger partial charge >= 0.3 is 10.1 Å². The number of para-hydroxylation sites is 1. The molecule has 0 aliphatic carbocycles. The molecule has 1 unspecified atom stereocenters. The van der Waals surface area contributed by atoms with Crippen molar-refractivity contribution in [3.8, 4) is 11.5 Å². The second-order valence-corrected chi connectivity index (χ2v) is 11.3. The van der Waals surface area contributed by atoms with Gasteiger partial charge in [-0.1, -0.05) is 44.2 Å². The topological polar surface area (TPSA) is 133 Å². The first kappa shape index (κ1) is 24.7. The predicted octanol–water partition coefficient (Wildman–Crippen LogP) is 2.45. The van der Waals surface area contributed by atoms with E-state index in [4.69, 9.17) is 9.29 Å². The highest BCUT2D eigenvalue weighted by atomic mass is 32.2. The molecule has 0 heterocycles. The van der Waals surface area contributed by atoms with Gasteiger partial charge in [-0.2, -0.15) is 8.42 Å². The molecule has 0 radical (unpaired) electrons. The largest absolute Gasteiger partial charge is 0.687 e. The average molecular weight is 454 g/mol. The van der Waals surface area contributed by atoms with Crippen molar-refractivity contribution >= 4 is 18.1 Å². The minimum absolute atomic E-state index is 0.105. The van der Waals surface area contributed by atoms with E-state index in [1.54, 1.807) is 24.3 Å². The molecule has 1 N–H and O–H groups in total. The number of hydrogen-bond acceptors (Lipinski definition) is 6. The number of aryl methyl sites for hydroxylation is 2. The minimum atomic E-state index is -5.46. The maximum absolute atomic E-state index is 11.2. The third-order valence-corrected chi connectivity index (χ3v) is 8.16. The van der Waals surface area contributed by atoms with Crippen LogP contribution in [0.2, 0.25) is 0 Å². The zero-order valence-corrected chi connectivity index (χ0v) is 18.8. The monoisotopic (exact) mass is 454 g/mol. The van der Waals surface area contributed by atoms with Crippen molar-refractivity contribution < 1.29 is 32.4 Å². The van der Waals surface area contributed by atoms with E-state index in [9.17, 15) is 23.1 Å². The molecule has 0 aromatic heterocycles. The fourth-order valence-corrected chi connectivity index (χ4v) is 5.37. The van der Waals surface area contributed by atoms with Crippen LogP contribution in [0.5, 0.6) is 11.5 Å². The van der Waals surface area contributed by atoms with Crippen LogP contribution in [0.4, 0.5) is 0 Å². The lowest BCUT2D eigenvalue weighted by Crippen LogP contribution is -2.44. The summed E-state index contributed by atoms with van der Waals surface area (Å²) in [7, 11) is -10.4. The van der Waals surface area contributed by atoms with Crippen LogP contribution in [0.1, 0.15) is 44.2 Å². The van der Waals surface area contributed by atoms with Crippen molar-refractivity contribution in [2.24, 2.45) is 5.92 Å². The standard InChI is InChI=1S/C21H29O7PS/c1-16(2)13-14-18-9-3-4-11-20(18)28-19-10-5-7-17(15-19)8-6-12-21(29(22,23)24)30(25,26)27/h3-5,7,9-11,15-16,21H,6,8,12-14H2,1-2H3,(H2,22,23,24)(H,25,26,27)/p-2. The van der Waals surface area contributed by atoms with E-state index in [1.165, 1.54) is 0 Å². The molecule has 0 bridgehead atoms. The normalized spacial score (nSPS) is 13.4. The highest BCUT2D eigenvalue weighted by molar-refractivity contribution is 7.94. The van der Waals surface area contributed by atoms with Crippen molar-refractivity contribution in [2.45, 2.75) is 50.9 Å². The van der Waals surface area contributed by atoms with Gasteiger partial charge in [-0.25, -0.2) is 0 Å². The summed E-state index contributed by atoms with van der Waals surface area (Å²) in [4.78, 5) is 31.0. The first-order valence-corrected chi connectivity index (χ1v) is 12.9. The van der Waals surface area contributed by atoms with Crippen LogP contribution in [-0.4, -0.2) is 18.0 Å². The van der Waals surface area contributed by atoms with Crippen LogP contribution < -0.4 is 19.4 Å². The van der Waals surface area contributed by atoms with E-state index in [2.05, 4.69) is 13.8 Å². The smallest absolute Gasteiger partial charge is 0.301 e. The quantitative estimate of drug-likeness (QED) is 0.407. The zero-order valence-electron chi connectivity index (χ0n) is 17.1. The van der Waals surface area contributed by atoms with Gasteiger partial charge < -0.3 is 19.4 Å². The number of rotatable bonds is 11. The van der Waals surface area contributed by atoms with Gasteiger partial charge in [0.1, 0.15) is 11.5 Å². The Kier molecular flexibility index (Phi) is 8.79. The Morgan fingerprint density at radius 2 is 1.70 bits per heavy atom. The van der Waals surface area contributed by atoms with Crippen LogP contribution in [0.3, 0.4) is 0 Å². The lowest BCUT2D eigenvalue weighted by Gasteiger charge is -2.46. The Labute approximate surface area is 178 Å². The molecule has 166 valence electrons. The van der Waals surface area contributed by atoms with Gasteiger partial charge in [0.15, 0.2) is 4.99 Å². The Morgan fingerprint density at radius 3 is 2.33 bits per heavy atom. The fraction of sp³-hybridized carbons (Fsp3) is 0.429. The first-order valence-electron chi connectivity index (χ1n) is 9.79. The Morgan fingerprint density at radius 1 is 1.00 bits per heavy atom. The molecule has 2 rings (SSSR count). The third kappa shape index (κ3) is 7.95. The van der Waals surface area contributed by atoms with Gasteiger partial charge in [0, 0.05) is 6.42 Å². The summed E-state index contributed by atoms with van der Waals surface area (Å²) in [6.07, 6.45) is 1.91. The maximum atomic E-state index is 11.2. The average Bonchev–Trinajstić information content (AvgIpc) is 2.63. The van der Waals surface area contributed by atoms with E-state index < -0.39 is 29.5 Å². The van der Waals surface area contributed by atoms with Crippen molar-refractivity contribution in [1.82, 2.24) is 0 Å². The molecule has 9 heteroatoms.